The lowest BCUT2D eigenvalue weighted by molar-refractivity contribution is 0.0984. The van der Waals surface area contributed by atoms with E-state index in [1.54, 1.807) is 35.1 Å². The first-order valence-corrected chi connectivity index (χ1v) is 8.72. The number of carbonyl (C=O) groups excluding carboxylic acids is 1. The summed E-state index contributed by atoms with van der Waals surface area (Å²) in [6.45, 7) is 0.195. The topological polar surface area (TPSA) is 37.6 Å². The SMILES string of the molecule is O=C(c1ccc2nccn2c1)N(Cc1cccs1)c1ccc(F)cc1F. The zero-order valence-electron chi connectivity index (χ0n) is 13.5. The van der Waals surface area contributed by atoms with Crippen molar-refractivity contribution in [3.63, 3.8) is 0 Å². The first-order valence-electron chi connectivity index (χ1n) is 7.84. The second-order valence-corrected chi connectivity index (χ2v) is 6.71. The molecule has 0 aliphatic heterocycles. The van der Waals surface area contributed by atoms with Crippen molar-refractivity contribution in [2.75, 3.05) is 4.90 Å². The van der Waals surface area contributed by atoms with Crippen molar-refractivity contribution in [3.05, 3.63) is 88.5 Å². The van der Waals surface area contributed by atoms with Crippen molar-refractivity contribution in [1.82, 2.24) is 9.38 Å². The van der Waals surface area contributed by atoms with Gasteiger partial charge in [0.1, 0.15) is 17.3 Å². The number of nitrogens with zero attached hydrogens (tertiary/aromatic N) is 3. The molecule has 4 aromatic rings. The Kier molecular flexibility index (Phi) is 4.22. The van der Waals surface area contributed by atoms with Gasteiger partial charge in [-0.15, -0.1) is 11.3 Å². The zero-order valence-corrected chi connectivity index (χ0v) is 14.3. The van der Waals surface area contributed by atoms with Crippen molar-refractivity contribution < 1.29 is 13.6 Å². The Balaban J connectivity index is 1.76. The van der Waals surface area contributed by atoms with Crippen molar-refractivity contribution in [1.29, 1.82) is 0 Å². The van der Waals surface area contributed by atoms with Crippen molar-refractivity contribution in [3.8, 4) is 0 Å². The van der Waals surface area contributed by atoms with Crippen molar-refractivity contribution >= 4 is 28.6 Å². The molecule has 7 heteroatoms. The predicted molar refractivity (Wildman–Crippen MR) is 96.4 cm³/mol. The molecule has 4 nitrogen and oxygen atoms in total. The Bertz CT molecular complexity index is 1080. The van der Waals surface area contributed by atoms with Crippen molar-refractivity contribution in [2.24, 2.45) is 0 Å². The molecule has 0 aliphatic carbocycles. The highest BCUT2D eigenvalue weighted by Crippen LogP contribution is 2.25. The number of halogens is 2. The van der Waals surface area contributed by atoms with Gasteiger partial charge in [-0.2, -0.15) is 0 Å². The van der Waals surface area contributed by atoms with Crippen LogP contribution in [0.4, 0.5) is 14.5 Å². The van der Waals surface area contributed by atoms with Crippen LogP contribution in [0.3, 0.4) is 0 Å². The van der Waals surface area contributed by atoms with Crippen LogP contribution in [0.15, 0.2) is 66.4 Å². The molecule has 0 unspecified atom stereocenters. The maximum Gasteiger partial charge on any atom is 0.260 e. The van der Waals surface area contributed by atoms with Crippen LogP contribution >= 0.6 is 11.3 Å². The summed E-state index contributed by atoms with van der Waals surface area (Å²) in [4.78, 5) is 19.5. The summed E-state index contributed by atoms with van der Waals surface area (Å²) < 4.78 is 29.4. The third-order valence-electron chi connectivity index (χ3n) is 3.98. The van der Waals surface area contributed by atoms with Gasteiger partial charge in [0.2, 0.25) is 0 Å². The molecule has 0 N–H and O–H groups in total. The van der Waals surface area contributed by atoms with E-state index in [1.165, 1.54) is 22.3 Å². The lowest BCUT2D eigenvalue weighted by atomic mass is 10.2. The normalized spacial score (nSPS) is 11.0. The highest BCUT2D eigenvalue weighted by Gasteiger charge is 2.22. The number of aromatic nitrogens is 2. The van der Waals surface area contributed by atoms with Crippen LogP contribution in [0, 0.1) is 11.6 Å². The first kappa shape index (κ1) is 16.4. The van der Waals surface area contributed by atoms with Gasteiger partial charge in [0.05, 0.1) is 17.8 Å². The van der Waals surface area contributed by atoms with Crippen LogP contribution in [0.5, 0.6) is 0 Å². The molecule has 1 aromatic carbocycles. The smallest absolute Gasteiger partial charge is 0.260 e. The first-order chi connectivity index (χ1) is 12.6. The summed E-state index contributed by atoms with van der Waals surface area (Å²) in [7, 11) is 0. The second kappa shape index (κ2) is 6.68. The minimum absolute atomic E-state index is 0.0375. The van der Waals surface area contributed by atoms with Gasteiger partial charge in [0, 0.05) is 29.5 Å². The Morgan fingerprint density at radius 1 is 1.19 bits per heavy atom. The standard InChI is InChI=1S/C19H13F2N3OS/c20-14-4-5-17(16(21)10-14)24(12-15-2-1-9-26-15)19(25)13-3-6-18-22-7-8-23(18)11-13/h1-11H,12H2. The fourth-order valence-electron chi connectivity index (χ4n) is 2.73. The summed E-state index contributed by atoms with van der Waals surface area (Å²) >= 11 is 1.47. The highest BCUT2D eigenvalue weighted by atomic mass is 32.1. The average molecular weight is 369 g/mol. The molecule has 0 saturated carbocycles. The Labute approximate surface area is 152 Å². The van der Waals surface area contributed by atoms with E-state index in [1.807, 2.05) is 17.5 Å². The highest BCUT2D eigenvalue weighted by molar-refractivity contribution is 7.09. The van der Waals surface area contributed by atoms with E-state index in [0.717, 1.165) is 17.0 Å². The van der Waals surface area contributed by atoms with Gasteiger partial charge in [-0.1, -0.05) is 6.07 Å². The third kappa shape index (κ3) is 3.09. The van der Waals surface area contributed by atoms with Crippen LogP contribution in [-0.4, -0.2) is 15.3 Å². The fourth-order valence-corrected chi connectivity index (χ4v) is 3.42. The number of thiophene rings is 1. The molecule has 0 bridgehead atoms. The third-order valence-corrected chi connectivity index (χ3v) is 4.84. The number of hydrogen-bond acceptors (Lipinski definition) is 3. The maximum absolute atomic E-state index is 14.4. The van der Waals surface area contributed by atoms with Gasteiger partial charge in [0.25, 0.3) is 5.91 Å². The largest absolute Gasteiger partial charge is 0.306 e. The predicted octanol–water partition coefficient (Wildman–Crippen LogP) is 4.52. The van der Waals surface area contributed by atoms with E-state index < -0.39 is 11.6 Å². The quantitative estimate of drug-likeness (QED) is 0.530. The fraction of sp³-hybridized carbons (Fsp3) is 0.0526. The van der Waals surface area contributed by atoms with Crippen LogP contribution in [0.25, 0.3) is 5.65 Å². The van der Waals surface area contributed by atoms with Crippen LogP contribution in [0.1, 0.15) is 15.2 Å². The van der Waals surface area contributed by atoms with Gasteiger partial charge >= 0.3 is 0 Å². The van der Waals surface area contributed by atoms with E-state index in [9.17, 15) is 13.6 Å². The number of carbonyl (C=O) groups is 1. The minimum Gasteiger partial charge on any atom is -0.306 e. The van der Waals surface area contributed by atoms with E-state index in [2.05, 4.69) is 4.98 Å². The van der Waals surface area contributed by atoms with Crippen LogP contribution < -0.4 is 4.90 Å². The molecule has 0 atom stereocenters. The molecule has 3 heterocycles. The maximum atomic E-state index is 14.4. The number of anilines is 1. The second-order valence-electron chi connectivity index (χ2n) is 5.68. The van der Waals surface area contributed by atoms with Crippen LogP contribution in [0.2, 0.25) is 0 Å². The van der Waals surface area contributed by atoms with Gasteiger partial charge < -0.3 is 9.30 Å². The molecule has 3 aromatic heterocycles. The number of benzene rings is 1. The number of imidazole rings is 1. The molecule has 0 spiro atoms. The number of rotatable bonds is 4. The summed E-state index contributed by atoms with van der Waals surface area (Å²) in [5.41, 5.74) is 1.13. The van der Waals surface area contributed by atoms with E-state index in [0.29, 0.717) is 11.2 Å². The Hall–Kier alpha value is -3.06. The lowest BCUT2D eigenvalue weighted by Gasteiger charge is -2.23. The molecule has 0 radical (unpaired) electrons. The Morgan fingerprint density at radius 2 is 2.08 bits per heavy atom. The summed E-state index contributed by atoms with van der Waals surface area (Å²) in [5, 5.41) is 1.89. The average Bonchev–Trinajstić information content (AvgIpc) is 3.30. The number of fused-ring (bicyclic) bond motifs is 1. The van der Waals surface area contributed by atoms with Crippen molar-refractivity contribution in [2.45, 2.75) is 6.54 Å². The monoisotopic (exact) mass is 369 g/mol. The van der Waals surface area contributed by atoms with Gasteiger partial charge in [-0.3, -0.25) is 4.79 Å². The van der Waals surface area contributed by atoms with Gasteiger partial charge in [-0.25, -0.2) is 13.8 Å². The molecular weight excluding hydrogens is 356 g/mol. The lowest BCUT2D eigenvalue weighted by Crippen LogP contribution is -2.31. The van der Waals surface area contributed by atoms with E-state index >= 15 is 0 Å². The van der Waals surface area contributed by atoms with E-state index in [4.69, 9.17) is 0 Å². The summed E-state index contributed by atoms with van der Waals surface area (Å²) in [6, 6.07) is 10.3. The number of pyridine rings is 1. The minimum atomic E-state index is -0.779. The van der Waals surface area contributed by atoms with Gasteiger partial charge in [-0.05, 0) is 35.7 Å². The molecule has 0 saturated heterocycles. The number of amides is 1. The van der Waals surface area contributed by atoms with Gasteiger partial charge in [0.15, 0.2) is 0 Å². The summed E-state index contributed by atoms with van der Waals surface area (Å²) in [6.07, 6.45) is 5.01. The molecule has 130 valence electrons. The van der Waals surface area contributed by atoms with E-state index in [-0.39, 0.29) is 18.1 Å². The molecule has 1 amide bonds. The molecule has 0 aliphatic rings. The molecule has 26 heavy (non-hydrogen) atoms. The number of hydrogen-bond donors (Lipinski definition) is 0. The molecular formula is C19H13F2N3OS. The molecule has 4 rings (SSSR count). The summed E-state index contributed by atoms with van der Waals surface area (Å²) in [5.74, 6) is -1.84. The van der Waals surface area contributed by atoms with Crippen LogP contribution in [-0.2, 0) is 6.54 Å². The zero-order chi connectivity index (χ0) is 18.1. The molecule has 0 fully saturated rings. The Morgan fingerprint density at radius 3 is 2.85 bits per heavy atom.